The molecule has 0 saturated heterocycles. The molecule has 0 aromatic heterocycles. The van der Waals surface area contributed by atoms with Gasteiger partial charge in [0, 0.05) is 25.8 Å². The number of alkyl carbamates (subject to hydrolysis) is 1. The van der Waals surface area contributed by atoms with Gasteiger partial charge in [-0.15, -0.1) is 0 Å². The third-order valence-electron chi connectivity index (χ3n) is 16.3. The smallest absolute Gasteiger partial charge is 0.460 e. The largest absolute Gasteiger partial charge is 0.462 e. The van der Waals surface area contributed by atoms with Crippen LogP contribution >= 0.6 is 0 Å². The first kappa shape index (κ1) is 62.6. The van der Waals surface area contributed by atoms with E-state index in [4.69, 9.17) is 9.47 Å². The van der Waals surface area contributed by atoms with Gasteiger partial charge in [0.05, 0.1) is 6.61 Å². The fourth-order valence-corrected chi connectivity index (χ4v) is 12.0. The van der Waals surface area contributed by atoms with Crippen LogP contribution in [0.1, 0.15) is 175 Å². The Morgan fingerprint density at radius 2 is 1.18 bits per heavy atom. The van der Waals surface area contributed by atoms with Crippen molar-refractivity contribution >= 4 is 12.1 Å². The van der Waals surface area contributed by atoms with Gasteiger partial charge in [-0.3, -0.25) is 4.79 Å². The number of carbonyl (C=O) groups excluding carboxylic acids is 2. The molecule has 0 radical (unpaired) electrons. The molecule has 4 rings (SSSR count). The number of allylic oxidation sites excluding steroid dienone is 3. The number of alkyl halides is 17. The van der Waals surface area contributed by atoms with Gasteiger partial charge in [-0.25, -0.2) is 4.79 Å². The zero-order chi connectivity index (χ0) is 54.9. The molecule has 3 fully saturated rings. The average Bonchev–Trinajstić information content (AvgIpc) is 3.75. The molecule has 4 aliphatic rings. The van der Waals surface area contributed by atoms with E-state index in [0.29, 0.717) is 30.6 Å². The lowest BCUT2D eigenvalue weighted by atomic mass is 9.50. The lowest BCUT2D eigenvalue weighted by Gasteiger charge is -2.55. The van der Waals surface area contributed by atoms with E-state index in [9.17, 15) is 84.2 Å². The minimum atomic E-state index is -8.70. The van der Waals surface area contributed by atoms with Crippen molar-refractivity contribution in [2.24, 2.45) is 40.9 Å². The van der Waals surface area contributed by atoms with E-state index in [1.54, 1.807) is 6.92 Å². The summed E-state index contributed by atoms with van der Waals surface area (Å²) >= 11 is 0. The number of nitrogens with one attached hydrogen (secondary N) is 1. The summed E-state index contributed by atoms with van der Waals surface area (Å²) in [6.45, 7) is 4.10. The highest BCUT2D eigenvalue weighted by molar-refractivity contribution is 5.69. The summed E-state index contributed by atoms with van der Waals surface area (Å²) < 4.78 is 242. The fraction of sp³-hybridized carbons (Fsp3) is 0.882. The van der Waals surface area contributed by atoms with Crippen LogP contribution in [0.5, 0.6) is 0 Å². The van der Waals surface area contributed by atoms with Crippen molar-refractivity contribution in [2.75, 3.05) is 13.2 Å². The van der Waals surface area contributed by atoms with Crippen LogP contribution in [0.3, 0.4) is 0 Å². The van der Waals surface area contributed by atoms with Crippen molar-refractivity contribution < 1.29 is 93.7 Å². The van der Waals surface area contributed by atoms with Gasteiger partial charge < -0.3 is 14.8 Å². The van der Waals surface area contributed by atoms with Crippen molar-refractivity contribution in [2.45, 2.75) is 229 Å². The summed E-state index contributed by atoms with van der Waals surface area (Å²) in [5, 5.41) is 1.47. The molecule has 2 unspecified atom stereocenters. The zero-order valence-electron chi connectivity index (χ0n) is 41.7. The van der Waals surface area contributed by atoms with Gasteiger partial charge in [0.15, 0.2) is 0 Å². The summed E-state index contributed by atoms with van der Waals surface area (Å²) in [6.07, 6.45) is 18.0. The Morgan fingerprint density at radius 3 is 1.75 bits per heavy atom. The van der Waals surface area contributed by atoms with Gasteiger partial charge in [-0.05, 0) is 118 Å². The molecule has 22 heteroatoms. The number of hydrogen-bond acceptors (Lipinski definition) is 4. The standard InChI is InChI=1S/C51H72F17NO4/c1-4-5-6-7-8-9-10-11-12-13-14-15-16-17-18-19-20-41(70)73-35-27-28-43(3)34(31-35)21-22-39-38-24-23-36(37(38)25-26-40(39)43)33(2)32-72-42(71)69-30-29-44(52,53)45(54,55)46(56,57)47(58,59)48(60,61)49(62,63)50(64,65)51(66,67)68/h11-12,21,33,35-40H,4-10,13-20,22-32H2,1-3H3,(H,69,71)/b12-11-/t33?,35-,36+,37?,38+,39-,40-,43-/m0/s1. The number of halogens is 17. The molecule has 0 spiro atoms. The maximum atomic E-state index is 14.4. The summed E-state index contributed by atoms with van der Waals surface area (Å²) in [5.74, 6) is -56.1. The van der Waals surface area contributed by atoms with Crippen molar-refractivity contribution in [3.8, 4) is 0 Å². The van der Waals surface area contributed by atoms with E-state index < -0.39 is 66.7 Å². The normalized spacial score (nSPS) is 25.9. The molecule has 4 aliphatic carbocycles. The monoisotopic (exact) mass is 1090 g/mol. The van der Waals surface area contributed by atoms with Crippen LogP contribution in [-0.4, -0.2) is 79.0 Å². The molecule has 1 N–H and O–H groups in total. The maximum absolute atomic E-state index is 14.4. The van der Waals surface area contributed by atoms with Gasteiger partial charge in [0.25, 0.3) is 0 Å². The van der Waals surface area contributed by atoms with Crippen LogP contribution < -0.4 is 5.32 Å². The first-order chi connectivity index (χ1) is 33.8. The summed E-state index contributed by atoms with van der Waals surface area (Å²) in [5.41, 5.74) is 1.24. The Morgan fingerprint density at radius 1 is 0.658 bits per heavy atom. The third kappa shape index (κ3) is 13.6. The van der Waals surface area contributed by atoms with E-state index >= 15 is 0 Å². The first-order valence-electron chi connectivity index (χ1n) is 25.9. The molecule has 0 aromatic carbocycles. The fourth-order valence-electron chi connectivity index (χ4n) is 12.0. The minimum Gasteiger partial charge on any atom is -0.462 e. The number of fused-ring (bicyclic) bond motifs is 5. The number of esters is 1. The molecule has 1 amide bonds. The van der Waals surface area contributed by atoms with E-state index in [1.165, 1.54) is 62.3 Å². The highest BCUT2D eigenvalue weighted by Gasteiger charge is 2.95. The molecule has 8 atom stereocenters. The predicted octanol–water partition coefficient (Wildman–Crippen LogP) is 17.3. The van der Waals surface area contributed by atoms with Gasteiger partial charge >= 0.3 is 59.7 Å². The average molecular weight is 1090 g/mol. The highest BCUT2D eigenvalue weighted by atomic mass is 19.4. The minimum absolute atomic E-state index is 0.0207. The second-order valence-corrected chi connectivity index (χ2v) is 21.2. The lowest BCUT2D eigenvalue weighted by molar-refractivity contribution is -0.461. The second kappa shape index (κ2) is 25.0. The highest BCUT2D eigenvalue weighted by Crippen LogP contribution is 2.65. The Bertz CT molecular complexity index is 1840. The Balaban J connectivity index is 1.18. The quantitative estimate of drug-likeness (QED) is 0.0351. The van der Waals surface area contributed by atoms with E-state index in [2.05, 4.69) is 32.1 Å². The van der Waals surface area contributed by atoms with Crippen LogP contribution in [0, 0.1) is 40.9 Å². The number of amides is 1. The predicted molar refractivity (Wildman–Crippen MR) is 238 cm³/mol. The molecule has 5 nitrogen and oxygen atoms in total. The van der Waals surface area contributed by atoms with Gasteiger partial charge in [0.1, 0.15) is 6.10 Å². The number of ether oxygens (including phenoxy) is 2. The molecule has 0 heterocycles. The van der Waals surface area contributed by atoms with Gasteiger partial charge in [-0.2, -0.15) is 74.6 Å². The SMILES string of the molecule is CCCCCCCC/C=C\CCCCCCCCC(=O)O[C@H]1CC[C@@]2(C)C(=CC[C@H]3[C@@H]4CC[C@H](C(C)COC(=O)NCCC(F)(F)C(F)(F)C(F)(F)C(F)(F)C(F)(F)C(F)(F)C(F)(F)C(F)(F)F)C4CC[C@@H]32)C1. The van der Waals surface area contributed by atoms with Crippen LogP contribution in [0.15, 0.2) is 23.8 Å². The van der Waals surface area contributed by atoms with Gasteiger partial charge in [-0.1, -0.05) is 102 Å². The maximum Gasteiger partial charge on any atom is 0.460 e. The van der Waals surface area contributed by atoms with E-state index in [1.807, 2.05) is 0 Å². The second-order valence-electron chi connectivity index (χ2n) is 21.2. The summed E-state index contributed by atoms with van der Waals surface area (Å²) in [4.78, 5) is 25.2. The number of unbranched alkanes of at least 4 members (excludes halogenated alkanes) is 12. The van der Waals surface area contributed by atoms with Crippen molar-refractivity contribution in [1.82, 2.24) is 5.32 Å². The topological polar surface area (TPSA) is 64.6 Å². The molecule has 424 valence electrons. The zero-order valence-corrected chi connectivity index (χ0v) is 41.7. The van der Waals surface area contributed by atoms with Crippen molar-refractivity contribution in [3.63, 3.8) is 0 Å². The molecule has 0 bridgehead atoms. The first-order valence-corrected chi connectivity index (χ1v) is 25.9. The van der Waals surface area contributed by atoms with Crippen LogP contribution in [0.4, 0.5) is 79.4 Å². The Kier molecular flexibility index (Phi) is 21.4. The molecule has 73 heavy (non-hydrogen) atoms. The number of rotatable bonds is 29. The molecular formula is C51H72F17NO4. The molecule has 0 aliphatic heterocycles. The Hall–Kier alpha value is -2.97. The summed E-state index contributed by atoms with van der Waals surface area (Å²) in [7, 11) is 0. The van der Waals surface area contributed by atoms with E-state index in [0.717, 1.165) is 83.5 Å². The molecule has 0 aromatic rings. The van der Waals surface area contributed by atoms with Gasteiger partial charge in [0.2, 0.25) is 0 Å². The van der Waals surface area contributed by atoms with Crippen LogP contribution in [0.25, 0.3) is 0 Å². The van der Waals surface area contributed by atoms with Crippen LogP contribution in [-0.2, 0) is 14.3 Å². The van der Waals surface area contributed by atoms with Crippen molar-refractivity contribution in [1.29, 1.82) is 0 Å². The van der Waals surface area contributed by atoms with Crippen LogP contribution in [0.2, 0.25) is 0 Å². The third-order valence-corrected chi connectivity index (χ3v) is 16.3. The Labute approximate surface area is 416 Å². The summed E-state index contributed by atoms with van der Waals surface area (Å²) in [6, 6.07) is 0. The lowest BCUT2D eigenvalue weighted by Crippen LogP contribution is -2.74. The number of carbonyl (C=O) groups is 2. The molecular weight excluding hydrogens is 1010 g/mol. The van der Waals surface area contributed by atoms with Crippen molar-refractivity contribution in [3.05, 3.63) is 23.8 Å². The number of hydrogen-bond donors (Lipinski definition) is 1. The van der Waals surface area contributed by atoms with E-state index in [-0.39, 0.29) is 41.8 Å². The molecule has 3 saturated carbocycles.